The Morgan fingerprint density at radius 3 is 2.44 bits per heavy atom. The number of hydrogen-bond acceptors (Lipinski definition) is 2. The summed E-state index contributed by atoms with van der Waals surface area (Å²) in [6, 6.07) is 15.5. The highest BCUT2D eigenvalue weighted by Gasteiger charge is 2.10. The Labute approximate surface area is 112 Å². The maximum atomic E-state index is 6.20. The van der Waals surface area contributed by atoms with E-state index in [4.69, 9.17) is 22.1 Å². The van der Waals surface area contributed by atoms with Crippen LogP contribution >= 0.6 is 11.6 Å². The van der Waals surface area contributed by atoms with Crippen LogP contribution in [0.2, 0.25) is 5.02 Å². The Bertz CT molecular complexity index is 510. The van der Waals surface area contributed by atoms with Crippen LogP contribution in [-0.4, -0.2) is 7.11 Å². The SMILES string of the molecule is COc1ccccc1CC(N)c1ccc(Cl)cc1. The fourth-order valence-electron chi connectivity index (χ4n) is 1.94. The van der Waals surface area contributed by atoms with E-state index >= 15 is 0 Å². The van der Waals surface area contributed by atoms with E-state index in [2.05, 4.69) is 0 Å². The van der Waals surface area contributed by atoms with Crippen LogP contribution in [-0.2, 0) is 6.42 Å². The molecule has 3 heteroatoms. The zero-order valence-electron chi connectivity index (χ0n) is 10.3. The topological polar surface area (TPSA) is 35.2 Å². The molecule has 2 aromatic rings. The minimum atomic E-state index is -0.0569. The molecule has 0 aliphatic rings. The number of methoxy groups -OCH3 is 1. The van der Waals surface area contributed by atoms with Crippen molar-refractivity contribution in [3.05, 3.63) is 64.7 Å². The minimum Gasteiger partial charge on any atom is -0.496 e. The van der Waals surface area contributed by atoms with Crippen LogP contribution in [0.4, 0.5) is 0 Å². The highest BCUT2D eigenvalue weighted by molar-refractivity contribution is 6.30. The monoisotopic (exact) mass is 261 g/mol. The lowest BCUT2D eigenvalue weighted by Crippen LogP contribution is -2.13. The first-order valence-electron chi connectivity index (χ1n) is 5.83. The maximum absolute atomic E-state index is 6.20. The van der Waals surface area contributed by atoms with Gasteiger partial charge in [-0.15, -0.1) is 0 Å². The highest BCUT2D eigenvalue weighted by atomic mass is 35.5. The third kappa shape index (κ3) is 3.03. The van der Waals surface area contributed by atoms with Crippen LogP contribution in [0.3, 0.4) is 0 Å². The lowest BCUT2D eigenvalue weighted by Gasteiger charge is -2.14. The fraction of sp³-hybridized carbons (Fsp3) is 0.200. The zero-order valence-corrected chi connectivity index (χ0v) is 11.0. The second-order valence-corrected chi connectivity index (χ2v) is 4.61. The Balaban J connectivity index is 2.15. The van der Waals surface area contributed by atoms with Crippen molar-refractivity contribution in [2.24, 2.45) is 5.73 Å². The van der Waals surface area contributed by atoms with Gasteiger partial charge in [0.2, 0.25) is 0 Å². The first-order valence-corrected chi connectivity index (χ1v) is 6.21. The molecule has 0 fully saturated rings. The van der Waals surface area contributed by atoms with Crippen LogP contribution in [0, 0.1) is 0 Å². The number of nitrogens with two attached hydrogens (primary N) is 1. The first-order chi connectivity index (χ1) is 8.70. The third-order valence-electron chi connectivity index (χ3n) is 2.93. The molecule has 18 heavy (non-hydrogen) atoms. The first kappa shape index (κ1) is 12.9. The van der Waals surface area contributed by atoms with Crippen molar-refractivity contribution in [3.8, 4) is 5.75 Å². The van der Waals surface area contributed by atoms with Gasteiger partial charge in [0.25, 0.3) is 0 Å². The zero-order chi connectivity index (χ0) is 13.0. The molecule has 2 aromatic carbocycles. The lowest BCUT2D eigenvalue weighted by molar-refractivity contribution is 0.408. The summed E-state index contributed by atoms with van der Waals surface area (Å²) >= 11 is 5.86. The van der Waals surface area contributed by atoms with Crippen LogP contribution in [0.15, 0.2) is 48.5 Å². The maximum Gasteiger partial charge on any atom is 0.122 e. The van der Waals surface area contributed by atoms with Crippen LogP contribution in [0.5, 0.6) is 5.75 Å². The quantitative estimate of drug-likeness (QED) is 0.913. The number of para-hydroxylation sites is 1. The largest absolute Gasteiger partial charge is 0.496 e. The van der Waals surface area contributed by atoms with Crippen molar-refractivity contribution in [2.45, 2.75) is 12.5 Å². The van der Waals surface area contributed by atoms with Gasteiger partial charge in [0.15, 0.2) is 0 Å². The minimum absolute atomic E-state index is 0.0569. The molecule has 2 rings (SSSR count). The van der Waals surface area contributed by atoms with Gasteiger partial charge < -0.3 is 10.5 Å². The van der Waals surface area contributed by atoms with E-state index in [1.165, 1.54) is 0 Å². The van der Waals surface area contributed by atoms with E-state index in [0.29, 0.717) is 0 Å². The van der Waals surface area contributed by atoms with Crippen molar-refractivity contribution in [2.75, 3.05) is 7.11 Å². The third-order valence-corrected chi connectivity index (χ3v) is 3.18. The summed E-state index contributed by atoms with van der Waals surface area (Å²) in [4.78, 5) is 0. The lowest BCUT2D eigenvalue weighted by atomic mass is 9.99. The summed E-state index contributed by atoms with van der Waals surface area (Å²) < 4.78 is 5.32. The summed E-state index contributed by atoms with van der Waals surface area (Å²) in [7, 11) is 1.67. The van der Waals surface area contributed by atoms with Crippen LogP contribution in [0.1, 0.15) is 17.2 Å². The number of halogens is 1. The van der Waals surface area contributed by atoms with Crippen molar-refractivity contribution < 1.29 is 4.74 Å². The molecule has 0 aromatic heterocycles. The second kappa shape index (κ2) is 5.89. The predicted molar refractivity (Wildman–Crippen MR) is 75.1 cm³/mol. The molecule has 94 valence electrons. The standard InChI is InChI=1S/C15H16ClNO/c1-18-15-5-3-2-4-12(15)10-14(17)11-6-8-13(16)9-7-11/h2-9,14H,10,17H2,1H3. The summed E-state index contributed by atoms with van der Waals surface area (Å²) in [6.45, 7) is 0. The Hall–Kier alpha value is -1.51. The van der Waals surface area contributed by atoms with Gasteiger partial charge in [0, 0.05) is 11.1 Å². The molecular weight excluding hydrogens is 246 g/mol. The normalized spacial score (nSPS) is 12.2. The molecule has 0 heterocycles. The number of ether oxygens (including phenoxy) is 1. The molecule has 0 saturated heterocycles. The number of rotatable bonds is 4. The van der Waals surface area contributed by atoms with Crippen LogP contribution in [0.25, 0.3) is 0 Å². The Kier molecular flexibility index (Phi) is 4.24. The smallest absolute Gasteiger partial charge is 0.122 e. The van der Waals surface area contributed by atoms with Crippen LogP contribution < -0.4 is 10.5 Å². The summed E-state index contributed by atoms with van der Waals surface area (Å²) in [5.41, 5.74) is 8.39. The fourth-order valence-corrected chi connectivity index (χ4v) is 2.06. The molecule has 0 spiro atoms. The van der Waals surface area contributed by atoms with Crippen molar-refractivity contribution in [1.29, 1.82) is 0 Å². The molecule has 0 bridgehead atoms. The van der Waals surface area contributed by atoms with E-state index in [9.17, 15) is 0 Å². The summed E-state index contributed by atoms with van der Waals surface area (Å²) in [5.74, 6) is 0.877. The van der Waals surface area contributed by atoms with Gasteiger partial charge in [0.05, 0.1) is 7.11 Å². The molecule has 0 saturated carbocycles. The predicted octanol–water partition coefficient (Wildman–Crippen LogP) is 3.59. The van der Waals surface area contributed by atoms with Gasteiger partial charge in [-0.1, -0.05) is 41.9 Å². The second-order valence-electron chi connectivity index (χ2n) is 4.17. The number of hydrogen-bond donors (Lipinski definition) is 1. The van der Waals surface area contributed by atoms with Crippen molar-refractivity contribution in [1.82, 2.24) is 0 Å². The summed E-state index contributed by atoms with van der Waals surface area (Å²) in [6.07, 6.45) is 0.742. The average Bonchev–Trinajstić information content (AvgIpc) is 2.40. The molecule has 0 aliphatic carbocycles. The molecule has 0 radical (unpaired) electrons. The van der Waals surface area contributed by atoms with Gasteiger partial charge in [-0.25, -0.2) is 0 Å². The van der Waals surface area contributed by atoms with Gasteiger partial charge in [0.1, 0.15) is 5.75 Å². The van der Waals surface area contributed by atoms with E-state index < -0.39 is 0 Å². The van der Waals surface area contributed by atoms with Crippen molar-refractivity contribution in [3.63, 3.8) is 0 Å². The van der Waals surface area contributed by atoms with Crippen molar-refractivity contribution >= 4 is 11.6 Å². The number of benzene rings is 2. The van der Waals surface area contributed by atoms with Gasteiger partial charge in [-0.2, -0.15) is 0 Å². The van der Waals surface area contributed by atoms with Gasteiger partial charge >= 0.3 is 0 Å². The average molecular weight is 262 g/mol. The molecule has 1 atom stereocenters. The van der Waals surface area contributed by atoms with E-state index in [0.717, 1.165) is 28.3 Å². The molecular formula is C15H16ClNO. The molecule has 0 aliphatic heterocycles. The van der Waals surface area contributed by atoms with E-state index in [1.54, 1.807) is 7.11 Å². The molecule has 1 unspecified atom stereocenters. The molecule has 2 N–H and O–H groups in total. The van der Waals surface area contributed by atoms with E-state index in [-0.39, 0.29) is 6.04 Å². The molecule has 2 nitrogen and oxygen atoms in total. The van der Waals surface area contributed by atoms with Gasteiger partial charge in [-0.3, -0.25) is 0 Å². The Morgan fingerprint density at radius 1 is 1.11 bits per heavy atom. The van der Waals surface area contributed by atoms with Gasteiger partial charge in [-0.05, 0) is 35.7 Å². The highest BCUT2D eigenvalue weighted by Crippen LogP contribution is 2.24. The summed E-state index contributed by atoms with van der Waals surface area (Å²) in [5, 5.41) is 0.725. The van der Waals surface area contributed by atoms with E-state index in [1.807, 2.05) is 48.5 Å². The molecule has 0 amide bonds. The Morgan fingerprint density at radius 2 is 1.78 bits per heavy atom.